The molecule has 16 heavy (non-hydrogen) atoms. The molecule has 0 aliphatic rings. The minimum Gasteiger partial charge on any atom is -0.297 e. The molecule has 1 aromatic rings. The quantitative estimate of drug-likeness (QED) is 0.769. The lowest BCUT2D eigenvalue weighted by molar-refractivity contribution is 0.389. The van der Waals surface area contributed by atoms with E-state index in [1.165, 1.54) is 0 Å². The van der Waals surface area contributed by atoms with Crippen molar-refractivity contribution >= 4 is 11.6 Å². The van der Waals surface area contributed by atoms with Crippen molar-refractivity contribution in [3.05, 3.63) is 34.9 Å². The van der Waals surface area contributed by atoms with E-state index in [-0.39, 0.29) is 5.54 Å². The second-order valence-electron chi connectivity index (χ2n) is 3.92. The van der Waals surface area contributed by atoms with Crippen LogP contribution in [0.15, 0.2) is 24.3 Å². The van der Waals surface area contributed by atoms with E-state index in [2.05, 4.69) is 25.1 Å². The largest absolute Gasteiger partial charge is 0.297 e. The Morgan fingerprint density at radius 2 is 2.06 bits per heavy atom. The molecule has 0 fully saturated rings. The fraction of sp³-hybridized carbons (Fsp3) is 0.429. The molecule has 1 N–H and O–H groups in total. The lowest BCUT2D eigenvalue weighted by Gasteiger charge is -2.27. The van der Waals surface area contributed by atoms with Crippen LogP contribution in [0.25, 0.3) is 0 Å². The fourth-order valence-electron chi connectivity index (χ4n) is 1.67. The molecule has 0 aliphatic heterocycles. The Morgan fingerprint density at radius 3 is 2.56 bits per heavy atom. The van der Waals surface area contributed by atoms with Crippen LogP contribution < -0.4 is 5.32 Å². The summed E-state index contributed by atoms with van der Waals surface area (Å²) in [6.07, 6.45) is 7.45. The molecule has 0 saturated heterocycles. The highest BCUT2D eigenvalue weighted by atomic mass is 35.5. The Hall–Kier alpha value is -0.970. The predicted molar refractivity (Wildman–Crippen MR) is 70.4 cm³/mol. The third-order valence-corrected chi connectivity index (χ3v) is 3.24. The maximum Gasteiger partial charge on any atom is 0.0795 e. The first-order valence-corrected chi connectivity index (χ1v) is 6.01. The second kappa shape index (κ2) is 5.94. The van der Waals surface area contributed by atoms with E-state index in [0.717, 1.165) is 30.0 Å². The van der Waals surface area contributed by atoms with E-state index < -0.39 is 0 Å². The van der Waals surface area contributed by atoms with Crippen molar-refractivity contribution in [3.8, 4) is 12.3 Å². The summed E-state index contributed by atoms with van der Waals surface area (Å²) in [5, 5.41) is 4.19. The Balaban J connectivity index is 2.67. The van der Waals surface area contributed by atoms with E-state index in [1.807, 2.05) is 24.3 Å². The van der Waals surface area contributed by atoms with Crippen LogP contribution in [0.2, 0.25) is 5.02 Å². The first-order valence-electron chi connectivity index (χ1n) is 5.63. The van der Waals surface area contributed by atoms with Crippen molar-refractivity contribution in [1.82, 2.24) is 5.32 Å². The van der Waals surface area contributed by atoms with Crippen molar-refractivity contribution in [3.63, 3.8) is 0 Å². The van der Waals surface area contributed by atoms with E-state index >= 15 is 0 Å². The van der Waals surface area contributed by atoms with Crippen molar-refractivity contribution in [2.45, 2.75) is 38.8 Å². The topological polar surface area (TPSA) is 12.0 Å². The van der Waals surface area contributed by atoms with Gasteiger partial charge in [-0.05, 0) is 30.5 Å². The average molecular weight is 236 g/mol. The highest BCUT2D eigenvalue weighted by molar-refractivity contribution is 6.30. The molecule has 0 heterocycles. The van der Waals surface area contributed by atoms with Crippen LogP contribution in [0, 0.1) is 12.3 Å². The van der Waals surface area contributed by atoms with Crippen LogP contribution in [0.3, 0.4) is 0 Å². The summed E-state index contributed by atoms with van der Waals surface area (Å²) in [6.45, 7) is 4.97. The molecule has 2 heteroatoms. The van der Waals surface area contributed by atoms with E-state index in [9.17, 15) is 0 Å². The number of rotatable bonds is 5. The van der Waals surface area contributed by atoms with Gasteiger partial charge in [0.25, 0.3) is 0 Å². The van der Waals surface area contributed by atoms with E-state index in [0.29, 0.717) is 0 Å². The molecule has 0 aromatic heterocycles. The maximum absolute atomic E-state index is 5.93. The van der Waals surface area contributed by atoms with Gasteiger partial charge < -0.3 is 0 Å². The molecule has 0 saturated carbocycles. The lowest BCUT2D eigenvalue weighted by atomic mass is 9.93. The van der Waals surface area contributed by atoms with Crippen LogP contribution in [0.5, 0.6) is 0 Å². The monoisotopic (exact) mass is 235 g/mol. The minimum atomic E-state index is -0.192. The molecule has 0 bridgehead atoms. The molecule has 0 atom stereocenters. The fourth-order valence-corrected chi connectivity index (χ4v) is 1.89. The number of halogens is 1. The minimum absolute atomic E-state index is 0.192. The normalized spacial score (nSPS) is 11.1. The van der Waals surface area contributed by atoms with Crippen molar-refractivity contribution in [2.75, 3.05) is 0 Å². The average Bonchev–Trinajstić information content (AvgIpc) is 2.32. The molecular weight excluding hydrogens is 218 g/mol. The predicted octanol–water partition coefficient (Wildman–Crippen LogP) is 3.62. The zero-order valence-electron chi connectivity index (χ0n) is 9.89. The van der Waals surface area contributed by atoms with Crippen molar-refractivity contribution < 1.29 is 0 Å². The molecule has 1 rings (SSSR count). The molecular formula is C14H18ClN. The number of benzene rings is 1. The van der Waals surface area contributed by atoms with Crippen molar-refractivity contribution in [2.24, 2.45) is 0 Å². The van der Waals surface area contributed by atoms with Gasteiger partial charge >= 0.3 is 0 Å². The summed E-state index contributed by atoms with van der Waals surface area (Å²) in [7, 11) is 0. The molecule has 0 radical (unpaired) electrons. The molecule has 1 nitrogen and oxygen atoms in total. The third kappa shape index (κ3) is 3.27. The van der Waals surface area contributed by atoms with E-state index in [4.69, 9.17) is 18.0 Å². The van der Waals surface area contributed by atoms with Crippen LogP contribution in [-0.4, -0.2) is 5.54 Å². The van der Waals surface area contributed by atoms with Gasteiger partial charge in [-0.15, -0.1) is 6.42 Å². The highest BCUT2D eigenvalue weighted by Crippen LogP contribution is 2.16. The molecule has 1 aromatic carbocycles. The summed E-state index contributed by atoms with van der Waals surface area (Å²) in [6, 6.07) is 7.83. The SMILES string of the molecule is C#CC(CC)(CC)NCc1cccc(Cl)c1. The zero-order chi connectivity index (χ0) is 12.0. The number of hydrogen-bond acceptors (Lipinski definition) is 1. The van der Waals surface area contributed by atoms with Crippen LogP contribution in [-0.2, 0) is 6.54 Å². The number of hydrogen-bond donors (Lipinski definition) is 1. The van der Waals surface area contributed by atoms with Crippen LogP contribution in [0.1, 0.15) is 32.3 Å². The van der Waals surface area contributed by atoms with Crippen molar-refractivity contribution in [1.29, 1.82) is 0 Å². The van der Waals surface area contributed by atoms with Gasteiger partial charge in [-0.1, -0.05) is 43.5 Å². The smallest absolute Gasteiger partial charge is 0.0795 e. The van der Waals surface area contributed by atoms with Gasteiger partial charge in [0, 0.05) is 11.6 Å². The van der Waals surface area contributed by atoms with Crippen LogP contribution >= 0.6 is 11.6 Å². The summed E-state index contributed by atoms with van der Waals surface area (Å²) < 4.78 is 0. The second-order valence-corrected chi connectivity index (χ2v) is 4.35. The highest BCUT2D eigenvalue weighted by Gasteiger charge is 2.21. The molecule has 0 spiro atoms. The van der Waals surface area contributed by atoms with Gasteiger partial charge in [0.15, 0.2) is 0 Å². The Labute approximate surface area is 103 Å². The molecule has 86 valence electrons. The first-order chi connectivity index (χ1) is 7.65. The summed E-state index contributed by atoms with van der Waals surface area (Å²) >= 11 is 5.93. The van der Waals surface area contributed by atoms with Gasteiger partial charge in [0.1, 0.15) is 0 Å². The lowest BCUT2D eigenvalue weighted by Crippen LogP contribution is -2.42. The van der Waals surface area contributed by atoms with Gasteiger partial charge in [-0.2, -0.15) is 0 Å². The standard InChI is InChI=1S/C14H18ClN/c1-4-14(5-2,6-3)16-11-12-8-7-9-13(15)10-12/h1,7-10,16H,5-6,11H2,2-3H3. The summed E-state index contributed by atoms with van der Waals surface area (Å²) in [5.74, 6) is 2.86. The number of nitrogens with one attached hydrogen (secondary N) is 1. The van der Waals surface area contributed by atoms with E-state index in [1.54, 1.807) is 0 Å². The van der Waals surface area contributed by atoms with Gasteiger partial charge in [0.2, 0.25) is 0 Å². The molecule has 0 amide bonds. The summed E-state index contributed by atoms with van der Waals surface area (Å²) in [5.41, 5.74) is 0.969. The van der Waals surface area contributed by atoms with Gasteiger partial charge in [-0.25, -0.2) is 0 Å². The third-order valence-electron chi connectivity index (χ3n) is 3.00. The Bertz CT molecular complexity index is 375. The first kappa shape index (κ1) is 13.1. The summed E-state index contributed by atoms with van der Waals surface area (Å²) in [4.78, 5) is 0. The zero-order valence-corrected chi connectivity index (χ0v) is 10.6. The maximum atomic E-state index is 5.93. The van der Waals surface area contributed by atoms with Gasteiger partial charge in [0.05, 0.1) is 5.54 Å². The van der Waals surface area contributed by atoms with Gasteiger partial charge in [-0.3, -0.25) is 5.32 Å². The van der Waals surface area contributed by atoms with Crippen LogP contribution in [0.4, 0.5) is 0 Å². The Morgan fingerprint density at radius 1 is 1.38 bits per heavy atom. The number of terminal acetylenes is 1. The molecule has 0 unspecified atom stereocenters. The Kier molecular flexibility index (Phi) is 4.86. The molecule has 0 aliphatic carbocycles.